The Kier molecular flexibility index (Phi) is 10.6. The molecule has 0 unspecified atom stereocenters. The van der Waals surface area contributed by atoms with Gasteiger partial charge in [0.2, 0.25) is 11.8 Å². The highest BCUT2D eigenvalue weighted by Crippen LogP contribution is 2.26. The van der Waals surface area contributed by atoms with E-state index in [-0.39, 0.29) is 36.5 Å². The Morgan fingerprint density at radius 3 is 2.62 bits per heavy atom. The standard InChI is InChI=1S/C34H36FN7O5/c1-22-37-18-26(41(22)2)19-38-30-16-24(34(44)45-3)8-9-29(30)40-32(43)20-42-13-11-27(12-14-42)47-33-6-4-5-25(39-33)21-46-31-10-7-23(17-36)15-28(31)35/h4-10,15-16,18,27,38H,11-14,19-21H2,1-3H3,(H,40,43). The minimum atomic E-state index is -0.610. The maximum absolute atomic E-state index is 14.2. The molecule has 12 nitrogen and oxygen atoms in total. The fraction of sp³-hybridized carbons (Fsp3) is 0.324. The van der Waals surface area contributed by atoms with Crippen LogP contribution in [-0.2, 0) is 29.7 Å². The number of aryl methyl sites for hydroxylation is 1. The number of pyridine rings is 1. The highest BCUT2D eigenvalue weighted by atomic mass is 19.1. The smallest absolute Gasteiger partial charge is 0.337 e. The molecule has 1 saturated heterocycles. The second-order valence-corrected chi connectivity index (χ2v) is 11.1. The van der Waals surface area contributed by atoms with Crippen LogP contribution in [0, 0.1) is 24.1 Å². The fourth-order valence-electron chi connectivity index (χ4n) is 5.13. The van der Waals surface area contributed by atoms with E-state index >= 15 is 0 Å². The molecule has 1 aliphatic heterocycles. The van der Waals surface area contributed by atoms with Crippen LogP contribution in [0.1, 0.15) is 46.0 Å². The van der Waals surface area contributed by atoms with E-state index in [1.54, 1.807) is 42.6 Å². The van der Waals surface area contributed by atoms with Crippen molar-refractivity contribution >= 4 is 23.3 Å². The summed E-state index contributed by atoms with van der Waals surface area (Å²) >= 11 is 0. The van der Waals surface area contributed by atoms with Crippen LogP contribution >= 0.6 is 0 Å². The number of anilines is 2. The normalized spacial score (nSPS) is 13.4. The maximum Gasteiger partial charge on any atom is 0.337 e. The second kappa shape index (κ2) is 15.2. The molecule has 0 atom stereocenters. The lowest BCUT2D eigenvalue weighted by atomic mass is 10.1. The van der Waals surface area contributed by atoms with E-state index in [0.29, 0.717) is 61.0 Å². The van der Waals surface area contributed by atoms with E-state index in [1.165, 1.54) is 19.2 Å². The zero-order valence-electron chi connectivity index (χ0n) is 26.5. The number of carbonyl (C=O) groups excluding carboxylic acids is 2. The third-order valence-electron chi connectivity index (χ3n) is 7.90. The summed E-state index contributed by atoms with van der Waals surface area (Å²) in [6.07, 6.45) is 3.11. The third-order valence-corrected chi connectivity index (χ3v) is 7.90. The molecule has 0 bridgehead atoms. The Balaban J connectivity index is 1.12. The van der Waals surface area contributed by atoms with Crippen molar-refractivity contribution in [3.8, 4) is 17.7 Å². The number of imidazole rings is 1. The number of nitrogens with zero attached hydrogens (tertiary/aromatic N) is 5. The van der Waals surface area contributed by atoms with Gasteiger partial charge < -0.3 is 29.4 Å². The first-order valence-electron chi connectivity index (χ1n) is 15.1. The van der Waals surface area contributed by atoms with E-state index in [1.807, 2.05) is 24.6 Å². The number of esters is 1. The molecule has 5 rings (SSSR count). The van der Waals surface area contributed by atoms with E-state index in [0.717, 1.165) is 17.6 Å². The largest absolute Gasteiger partial charge is 0.484 e. The molecular weight excluding hydrogens is 605 g/mol. The van der Waals surface area contributed by atoms with Crippen LogP contribution in [0.5, 0.6) is 11.6 Å². The Morgan fingerprint density at radius 1 is 1.11 bits per heavy atom. The minimum absolute atomic E-state index is 0.0407. The first-order valence-corrected chi connectivity index (χ1v) is 15.1. The van der Waals surface area contributed by atoms with Crippen LogP contribution in [0.2, 0.25) is 0 Å². The summed E-state index contributed by atoms with van der Waals surface area (Å²) in [6, 6.07) is 16.2. The highest BCUT2D eigenvalue weighted by molar-refractivity contribution is 5.98. The molecule has 13 heteroatoms. The van der Waals surface area contributed by atoms with Gasteiger partial charge in [0, 0.05) is 26.2 Å². The number of nitriles is 1. The quantitative estimate of drug-likeness (QED) is 0.211. The average molecular weight is 642 g/mol. The monoisotopic (exact) mass is 641 g/mol. The van der Waals surface area contributed by atoms with Crippen molar-refractivity contribution in [3.63, 3.8) is 0 Å². The molecule has 1 amide bonds. The number of benzene rings is 2. The van der Waals surface area contributed by atoms with Crippen molar-refractivity contribution in [3.05, 3.63) is 95.0 Å². The fourth-order valence-corrected chi connectivity index (χ4v) is 5.13. The van der Waals surface area contributed by atoms with Gasteiger partial charge in [-0.3, -0.25) is 9.69 Å². The van der Waals surface area contributed by atoms with Crippen molar-refractivity contribution in [2.75, 3.05) is 37.4 Å². The predicted molar refractivity (Wildman–Crippen MR) is 171 cm³/mol. The topological polar surface area (TPSA) is 144 Å². The van der Waals surface area contributed by atoms with E-state index in [4.69, 9.17) is 19.5 Å². The van der Waals surface area contributed by atoms with Gasteiger partial charge in [-0.25, -0.2) is 19.2 Å². The van der Waals surface area contributed by atoms with Crippen LogP contribution in [0.4, 0.5) is 15.8 Å². The molecule has 2 aromatic carbocycles. The number of piperidine rings is 1. The van der Waals surface area contributed by atoms with E-state index in [9.17, 15) is 14.0 Å². The Labute approximate surface area is 272 Å². The lowest BCUT2D eigenvalue weighted by molar-refractivity contribution is -0.117. The van der Waals surface area contributed by atoms with Gasteiger partial charge in [-0.2, -0.15) is 5.26 Å². The molecule has 1 fully saturated rings. The lowest BCUT2D eigenvalue weighted by Gasteiger charge is -2.31. The van der Waals surface area contributed by atoms with Gasteiger partial charge in [-0.1, -0.05) is 6.07 Å². The molecule has 3 heterocycles. The van der Waals surface area contributed by atoms with Gasteiger partial charge in [0.25, 0.3) is 0 Å². The summed E-state index contributed by atoms with van der Waals surface area (Å²) in [5, 5.41) is 15.2. The highest BCUT2D eigenvalue weighted by Gasteiger charge is 2.23. The van der Waals surface area contributed by atoms with Crippen LogP contribution in [0.25, 0.3) is 0 Å². The molecule has 0 radical (unpaired) electrons. The van der Waals surface area contributed by atoms with Crippen molar-refractivity contribution in [1.82, 2.24) is 19.4 Å². The number of amides is 1. The van der Waals surface area contributed by atoms with Gasteiger partial charge in [-0.05, 0) is 62.2 Å². The van der Waals surface area contributed by atoms with Crippen molar-refractivity contribution in [2.24, 2.45) is 7.05 Å². The summed E-state index contributed by atoms with van der Waals surface area (Å²) in [5.41, 5.74) is 3.25. The van der Waals surface area contributed by atoms with Gasteiger partial charge >= 0.3 is 5.97 Å². The number of hydrogen-bond acceptors (Lipinski definition) is 10. The van der Waals surface area contributed by atoms with Crippen LogP contribution in [0.3, 0.4) is 0 Å². The minimum Gasteiger partial charge on any atom is -0.484 e. The number of halogens is 1. The summed E-state index contributed by atoms with van der Waals surface area (Å²) in [4.78, 5) is 36.1. The van der Waals surface area contributed by atoms with Gasteiger partial charge in [-0.15, -0.1) is 0 Å². The first kappa shape index (κ1) is 32.9. The van der Waals surface area contributed by atoms with Crippen LogP contribution in [-0.4, -0.2) is 64.2 Å². The van der Waals surface area contributed by atoms with Crippen molar-refractivity contribution in [1.29, 1.82) is 5.26 Å². The predicted octanol–water partition coefficient (Wildman–Crippen LogP) is 4.59. The number of nitrogens with one attached hydrogen (secondary N) is 2. The number of methoxy groups -OCH3 is 1. The Morgan fingerprint density at radius 2 is 1.91 bits per heavy atom. The second-order valence-electron chi connectivity index (χ2n) is 11.1. The number of aromatic nitrogens is 3. The average Bonchev–Trinajstić information content (AvgIpc) is 3.40. The number of ether oxygens (including phenoxy) is 3. The molecular formula is C34H36FN7O5. The molecule has 1 aliphatic rings. The zero-order chi connectivity index (χ0) is 33.3. The summed E-state index contributed by atoms with van der Waals surface area (Å²) in [6.45, 7) is 3.91. The number of carbonyl (C=O) groups is 2. The maximum atomic E-state index is 14.2. The zero-order valence-corrected chi connectivity index (χ0v) is 26.5. The van der Waals surface area contributed by atoms with Crippen molar-refractivity contribution < 1.29 is 28.2 Å². The van der Waals surface area contributed by atoms with Gasteiger partial charge in [0.15, 0.2) is 11.6 Å². The van der Waals surface area contributed by atoms with Crippen LogP contribution < -0.4 is 20.1 Å². The summed E-state index contributed by atoms with van der Waals surface area (Å²) in [7, 11) is 3.25. The number of rotatable bonds is 12. The Bertz CT molecular complexity index is 1780. The number of hydrogen-bond donors (Lipinski definition) is 2. The third kappa shape index (κ3) is 8.62. The molecule has 47 heavy (non-hydrogen) atoms. The van der Waals surface area contributed by atoms with E-state index in [2.05, 4.69) is 25.5 Å². The molecule has 0 spiro atoms. The number of likely N-dealkylation sites (tertiary alicyclic amines) is 1. The lowest BCUT2D eigenvalue weighted by Crippen LogP contribution is -2.42. The van der Waals surface area contributed by atoms with E-state index < -0.39 is 11.8 Å². The molecule has 2 N–H and O–H groups in total. The Hall–Kier alpha value is -5.48. The van der Waals surface area contributed by atoms with Crippen molar-refractivity contribution in [2.45, 2.75) is 39.0 Å². The molecule has 244 valence electrons. The molecule has 0 saturated carbocycles. The molecule has 2 aromatic heterocycles. The molecule has 0 aliphatic carbocycles. The van der Waals surface area contributed by atoms with Gasteiger partial charge in [0.05, 0.1) is 66.4 Å². The summed E-state index contributed by atoms with van der Waals surface area (Å²) < 4.78 is 32.7. The molecule has 4 aromatic rings. The summed E-state index contributed by atoms with van der Waals surface area (Å²) in [5.74, 6) is 0.101. The SMILES string of the molecule is COC(=O)c1ccc(NC(=O)CN2CCC(Oc3cccc(COc4ccc(C#N)cc4F)n3)CC2)c(NCc2cnc(C)n2C)c1. The van der Waals surface area contributed by atoms with Crippen LogP contribution in [0.15, 0.2) is 60.8 Å². The van der Waals surface area contributed by atoms with Gasteiger partial charge in [0.1, 0.15) is 18.5 Å². The first-order chi connectivity index (χ1) is 22.7.